The molecule has 0 bridgehead atoms. The molecule has 1 saturated carbocycles. The molecule has 0 aromatic heterocycles. The molecule has 3 rings (SSSR count). The standard InChI is InChI=1S/C17H24ClNO2/c1-3-20-17(11-4-5-11)15(19-2)10-13-9-14(18)8-12-6-7-21-16(12)13/h8-9,11,15,17,19H,3-7,10H2,1-2H3. The molecule has 1 N–H and O–H groups in total. The van der Waals surface area contributed by atoms with Crippen molar-refractivity contribution in [3.05, 3.63) is 28.3 Å². The Hall–Kier alpha value is -0.770. The van der Waals surface area contributed by atoms with Crippen LogP contribution in [-0.2, 0) is 17.6 Å². The van der Waals surface area contributed by atoms with Gasteiger partial charge in [-0.05, 0) is 62.4 Å². The molecule has 1 aromatic rings. The minimum atomic E-state index is 0.288. The van der Waals surface area contributed by atoms with Gasteiger partial charge in [-0.3, -0.25) is 0 Å². The van der Waals surface area contributed by atoms with Crippen LogP contribution in [0, 0.1) is 5.92 Å². The first-order valence-corrected chi connectivity index (χ1v) is 8.33. The summed E-state index contributed by atoms with van der Waals surface area (Å²) in [5, 5.41) is 4.25. The fourth-order valence-electron chi connectivity index (χ4n) is 3.32. The summed E-state index contributed by atoms with van der Waals surface area (Å²) < 4.78 is 11.8. The van der Waals surface area contributed by atoms with E-state index in [9.17, 15) is 0 Å². The zero-order chi connectivity index (χ0) is 14.8. The van der Waals surface area contributed by atoms with Crippen molar-refractivity contribution in [3.63, 3.8) is 0 Å². The molecule has 1 aliphatic carbocycles. The van der Waals surface area contributed by atoms with E-state index in [0.29, 0.717) is 12.0 Å². The largest absolute Gasteiger partial charge is 0.493 e. The highest BCUT2D eigenvalue weighted by atomic mass is 35.5. The lowest BCUT2D eigenvalue weighted by atomic mass is 9.96. The van der Waals surface area contributed by atoms with Gasteiger partial charge in [0.05, 0.1) is 12.7 Å². The van der Waals surface area contributed by atoms with E-state index >= 15 is 0 Å². The Kier molecular flexibility index (Phi) is 4.72. The third-order valence-corrected chi connectivity index (χ3v) is 4.70. The Balaban J connectivity index is 1.80. The molecule has 116 valence electrons. The van der Waals surface area contributed by atoms with Crippen molar-refractivity contribution >= 4 is 11.6 Å². The lowest BCUT2D eigenvalue weighted by Crippen LogP contribution is -2.42. The van der Waals surface area contributed by atoms with Gasteiger partial charge in [-0.25, -0.2) is 0 Å². The van der Waals surface area contributed by atoms with Crippen LogP contribution in [0.5, 0.6) is 5.75 Å². The first-order valence-electron chi connectivity index (χ1n) is 7.96. The van der Waals surface area contributed by atoms with Crippen LogP contribution in [0.1, 0.15) is 30.9 Å². The molecular weight excluding hydrogens is 286 g/mol. The maximum absolute atomic E-state index is 6.26. The SMILES string of the molecule is CCOC(C1CC1)C(Cc1cc(Cl)cc2c1OCC2)NC. The number of rotatable bonds is 7. The summed E-state index contributed by atoms with van der Waals surface area (Å²) in [6.07, 6.45) is 4.72. The molecule has 3 nitrogen and oxygen atoms in total. The average Bonchev–Trinajstić information content (AvgIpc) is 3.20. The second-order valence-corrected chi connectivity index (χ2v) is 6.44. The summed E-state index contributed by atoms with van der Waals surface area (Å²) in [6.45, 7) is 3.61. The maximum atomic E-state index is 6.26. The van der Waals surface area contributed by atoms with Crippen LogP contribution in [0.15, 0.2) is 12.1 Å². The summed E-state index contributed by atoms with van der Waals surface area (Å²) in [5.41, 5.74) is 2.45. The summed E-state index contributed by atoms with van der Waals surface area (Å²) in [4.78, 5) is 0. The van der Waals surface area contributed by atoms with Crippen LogP contribution < -0.4 is 10.1 Å². The molecule has 0 radical (unpaired) electrons. The Morgan fingerprint density at radius 3 is 2.90 bits per heavy atom. The Bertz CT molecular complexity index is 502. The van der Waals surface area contributed by atoms with E-state index in [1.807, 2.05) is 19.2 Å². The molecule has 1 fully saturated rings. The normalized spacial score (nSPS) is 20.0. The number of nitrogens with one attached hydrogen (secondary N) is 1. The fraction of sp³-hybridized carbons (Fsp3) is 0.647. The van der Waals surface area contributed by atoms with Crippen molar-refractivity contribution in [2.75, 3.05) is 20.3 Å². The molecule has 0 saturated heterocycles. The van der Waals surface area contributed by atoms with Gasteiger partial charge < -0.3 is 14.8 Å². The Labute approximate surface area is 132 Å². The number of hydrogen-bond donors (Lipinski definition) is 1. The molecule has 4 heteroatoms. The topological polar surface area (TPSA) is 30.5 Å². The lowest BCUT2D eigenvalue weighted by Gasteiger charge is -2.27. The van der Waals surface area contributed by atoms with E-state index in [1.165, 1.54) is 24.0 Å². The van der Waals surface area contributed by atoms with Crippen molar-refractivity contribution in [1.29, 1.82) is 0 Å². The quantitative estimate of drug-likeness (QED) is 0.839. The molecule has 21 heavy (non-hydrogen) atoms. The van der Waals surface area contributed by atoms with Gasteiger partial charge >= 0.3 is 0 Å². The van der Waals surface area contributed by atoms with Gasteiger partial charge in [0.2, 0.25) is 0 Å². The minimum Gasteiger partial charge on any atom is -0.493 e. The molecule has 2 atom stereocenters. The first kappa shape index (κ1) is 15.1. The van der Waals surface area contributed by atoms with E-state index in [4.69, 9.17) is 21.1 Å². The van der Waals surface area contributed by atoms with Gasteiger partial charge in [0.25, 0.3) is 0 Å². The molecule has 2 unspecified atom stereocenters. The smallest absolute Gasteiger partial charge is 0.125 e. The van der Waals surface area contributed by atoms with Gasteiger partial charge in [0.1, 0.15) is 5.75 Å². The molecule has 1 aromatic carbocycles. The molecule has 1 aliphatic heterocycles. The third-order valence-electron chi connectivity index (χ3n) is 4.48. The van der Waals surface area contributed by atoms with E-state index in [-0.39, 0.29) is 6.10 Å². The average molecular weight is 310 g/mol. The van der Waals surface area contributed by atoms with Gasteiger partial charge in [-0.15, -0.1) is 0 Å². The number of fused-ring (bicyclic) bond motifs is 1. The van der Waals surface area contributed by atoms with Crippen molar-refractivity contribution in [1.82, 2.24) is 5.32 Å². The van der Waals surface area contributed by atoms with E-state index in [2.05, 4.69) is 12.2 Å². The van der Waals surface area contributed by atoms with Gasteiger partial charge in [0.15, 0.2) is 0 Å². The van der Waals surface area contributed by atoms with Crippen LogP contribution in [-0.4, -0.2) is 32.4 Å². The fourth-order valence-corrected chi connectivity index (χ4v) is 3.58. The summed E-state index contributed by atoms with van der Waals surface area (Å²) in [7, 11) is 2.02. The molecule has 0 spiro atoms. The van der Waals surface area contributed by atoms with Crippen LogP contribution >= 0.6 is 11.6 Å². The summed E-state index contributed by atoms with van der Waals surface area (Å²) in [5.74, 6) is 1.75. The lowest BCUT2D eigenvalue weighted by molar-refractivity contribution is 0.0210. The van der Waals surface area contributed by atoms with E-state index in [1.54, 1.807) is 0 Å². The number of ether oxygens (including phenoxy) is 2. The zero-order valence-corrected chi connectivity index (χ0v) is 13.6. The monoisotopic (exact) mass is 309 g/mol. The van der Waals surface area contributed by atoms with Crippen molar-refractivity contribution in [2.45, 2.75) is 44.8 Å². The van der Waals surface area contributed by atoms with Crippen LogP contribution in [0.4, 0.5) is 0 Å². The van der Waals surface area contributed by atoms with Crippen LogP contribution in [0.25, 0.3) is 0 Å². The van der Waals surface area contributed by atoms with E-state index in [0.717, 1.165) is 36.8 Å². The first-order chi connectivity index (χ1) is 10.2. The zero-order valence-electron chi connectivity index (χ0n) is 12.8. The maximum Gasteiger partial charge on any atom is 0.125 e. The number of hydrogen-bond acceptors (Lipinski definition) is 3. The minimum absolute atomic E-state index is 0.288. The van der Waals surface area contributed by atoms with Gasteiger partial charge in [-0.2, -0.15) is 0 Å². The number of benzene rings is 1. The van der Waals surface area contributed by atoms with Crippen molar-refractivity contribution in [3.8, 4) is 5.75 Å². The van der Waals surface area contributed by atoms with Crippen LogP contribution in [0.2, 0.25) is 5.02 Å². The summed E-state index contributed by atoms with van der Waals surface area (Å²) >= 11 is 6.26. The highest BCUT2D eigenvalue weighted by molar-refractivity contribution is 6.30. The Morgan fingerprint density at radius 2 is 2.24 bits per heavy atom. The number of halogens is 1. The Morgan fingerprint density at radius 1 is 1.43 bits per heavy atom. The highest BCUT2D eigenvalue weighted by Gasteiger charge is 2.37. The van der Waals surface area contributed by atoms with Crippen molar-refractivity contribution in [2.24, 2.45) is 5.92 Å². The van der Waals surface area contributed by atoms with Crippen LogP contribution in [0.3, 0.4) is 0 Å². The molecular formula is C17H24ClNO2. The van der Waals surface area contributed by atoms with Crippen molar-refractivity contribution < 1.29 is 9.47 Å². The number of likely N-dealkylation sites (N-methyl/N-ethyl adjacent to an activating group) is 1. The second kappa shape index (κ2) is 6.55. The third kappa shape index (κ3) is 3.36. The van der Waals surface area contributed by atoms with E-state index < -0.39 is 0 Å². The molecule has 2 aliphatic rings. The second-order valence-electron chi connectivity index (χ2n) is 6.01. The van der Waals surface area contributed by atoms with Gasteiger partial charge in [0, 0.05) is 24.1 Å². The predicted molar refractivity (Wildman–Crippen MR) is 85.3 cm³/mol. The molecule has 0 amide bonds. The summed E-state index contributed by atoms with van der Waals surface area (Å²) in [6, 6.07) is 4.39. The molecule has 1 heterocycles. The predicted octanol–water partition coefficient (Wildman–Crippen LogP) is 3.22. The highest BCUT2D eigenvalue weighted by Crippen LogP contribution is 2.38. The van der Waals surface area contributed by atoms with Gasteiger partial charge in [-0.1, -0.05) is 11.6 Å².